The van der Waals surface area contributed by atoms with Crippen molar-refractivity contribution >= 4 is 17.6 Å². The van der Waals surface area contributed by atoms with Gasteiger partial charge in [-0.3, -0.25) is 19.2 Å². The minimum Gasteiger partial charge on any atom is -0.341 e. The molecule has 0 aliphatic carbocycles. The standard InChI is InChI=1S/C28H25N5O4/c1-2-18-37-32-28(36)25(34)24(19-20-10-5-3-6-11-20)30-27(35)22-14-9-16-29-26(22)33-17-15-23(31-33)21-12-7-4-8-13-21/h2-17,24H,1,18-19H2,(H,30,35)(H,32,36)/t24-/m0/s1. The Bertz CT molecular complexity index is 1390. The van der Waals surface area contributed by atoms with E-state index >= 15 is 0 Å². The Morgan fingerprint density at radius 1 is 0.973 bits per heavy atom. The van der Waals surface area contributed by atoms with E-state index in [1.54, 1.807) is 24.5 Å². The van der Waals surface area contributed by atoms with Crippen molar-refractivity contribution in [3.8, 4) is 17.1 Å². The number of pyridine rings is 1. The number of amides is 2. The van der Waals surface area contributed by atoms with Gasteiger partial charge in [0.2, 0.25) is 5.78 Å². The van der Waals surface area contributed by atoms with Crippen molar-refractivity contribution in [2.75, 3.05) is 6.61 Å². The zero-order chi connectivity index (χ0) is 26.0. The molecular weight excluding hydrogens is 470 g/mol. The number of benzene rings is 2. The highest BCUT2D eigenvalue weighted by Crippen LogP contribution is 2.19. The zero-order valence-electron chi connectivity index (χ0n) is 19.9. The Hall–Kier alpha value is -4.89. The number of nitrogens with one attached hydrogen (secondary N) is 2. The summed E-state index contributed by atoms with van der Waals surface area (Å²) < 4.78 is 1.50. The highest BCUT2D eigenvalue weighted by atomic mass is 16.6. The van der Waals surface area contributed by atoms with Crippen LogP contribution < -0.4 is 10.8 Å². The second-order valence-electron chi connectivity index (χ2n) is 8.00. The van der Waals surface area contributed by atoms with Crippen molar-refractivity contribution in [2.24, 2.45) is 0 Å². The van der Waals surface area contributed by atoms with Crippen molar-refractivity contribution in [2.45, 2.75) is 12.5 Å². The summed E-state index contributed by atoms with van der Waals surface area (Å²) in [6.45, 7) is 3.52. The normalized spacial score (nSPS) is 11.4. The first-order valence-electron chi connectivity index (χ1n) is 11.5. The molecule has 4 aromatic rings. The lowest BCUT2D eigenvalue weighted by atomic mass is 10.0. The molecule has 2 aromatic carbocycles. The van der Waals surface area contributed by atoms with Gasteiger partial charge in [-0.05, 0) is 23.8 Å². The first-order chi connectivity index (χ1) is 18.1. The van der Waals surface area contributed by atoms with E-state index in [1.165, 1.54) is 10.8 Å². The molecule has 4 rings (SSSR count). The molecule has 0 aliphatic rings. The Labute approximate surface area is 213 Å². The molecule has 2 aromatic heterocycles. The van der Waals surface area contributed by atoms with Gasteiger partial charge in [0.25, 0.3) is 5.91 Å². The van der Waals surface area contributed by atoms with Crippen molar-refractivity contribution in [3.63, 3.8) is 0 Å². The monoisotopic (exact) mass is 495 g/mol. The molecule has 0 radical (unpaired) electrons. The third kappa shape index (κ3) is 6.41. The van der Waals surface area contributed by atoms with Crippen molar-refractivity contribution < 1.29 is 19.2 Å². The van der Waals surface area contributed by atoms with Gasteiger partial charge in [-0.15, -0.1) is 6.58 Å². The number of carbonyl (C=O) groups excluding carboxylic acids is 3. The molecule has 37 heavy (non-hydrogen) atoms. The smallest absolute Gasteiger partial charge is 0.313 e. The number of hydrogen-bond acceptors (Lipinski definition) is 6. The van der Waals surface area contributed by atoms with E-state index in [-0.39, 0.29) is 24.4 Å². The number of hydrogen-bond donors (Lipinski definition) is 2. The molecule has 0 unspecified atom stereocenters. The van der Waals surface area contributed by atoms with Crippen molar-refractivity contribution in [3.05, 3.63) is 115 Å². The molecule has 1 atom stereocenters. The molecule has 0 saturated carbocycles. The van der Waals surface area contributed by atoms with Crippen LogP contribution in [0, 0.1) is 0 Å². The fourth-order valence-electron chi connectivity index (χ4n) is 3.63. The lowest BCUT2D eigenvalue weighted by molar-refractivity contribution is -0.146. The van der Waals surface area contributed by atoms with E-state index in [4.69, 9.17) is 4.84 Å². The average molecular weight is 496 g/mol. The topological polar surface area (TPSA) is 115 Å². The minimum absolute atomic E-state index is 0.0304. The summed E-state index contributed by atoms with van der Waals surface area (Å²) >= 11 is 0. The maximum absolute atomic E-state index is 13.4. The SMILES string of the molecule is C=CCONC(=O)C(=O)[C@H](Cc1ccccc1)NC(=O)c1cccnc1-n1ccc(-c2ccccc2)n1. The summed E-state index contributed by atoms with van der Waals surface area (Å²) in [5.74, 6) is -2.12. The molecule has 0 bridgehead atoms. The van der Waals surface area contributed by atoms with Crippen LogP contribution in [0.3, 0.4) is 0 Å². The summed E-state index contributed by atoms with van der Waals surface area (Å²) in [6.07, 6.45) is 4.79. The number of nitrogens with zero attached hydrogens (tertiary/aromatic N) is 3. The Morgan fingerprint density at radius 2 is 1.70 bits per heavy atom. The summed E-state index contributed by atoms with van der Waals surface area (Å²) in [6, 6.07) is 22.6. The van der Waals surface area contributed by atoms with Gasteiger partial charge in [0, 0.05) is 24.4 Å². The van der Waals surface area contributed by atoms with Gasteiger partial charge < -0.3 is 5.32 Å². The van der Waals surface area contributed by atoms with Gasteiger partial charge >= 0.3 is 5.91 Å². The largest absolute Gasteiger partial charge is 0.341 e. The second kappa shape index (κ2) is 12.2. The van der Waals surface area contributed by atoms with Crippen LogP contribution in [-0.2, 0) is 20.8 Å². The van der Waals surface area contributed by atoms with Crippen LogP contribution >= 0.6 is 0 Å². The van der Waals surface area contributed by atoms with Gasteiger partial charge in [-0.25, -0.2) is 15.1 Å². The number of ketones is 1. The maximum atomic E-state index is 13.4. The van der Waals surface area contributed by atoms with Crippen molar-refractivity contribution in [1.82, 2.24) is 25.6 Å². The molecule has 0 aliphatic heterocycles. The molecular formula is C28H25N5O4. The second-order valence-corrected chi connectivity index (χ2v) is 8.00. The zero-order valence-corrected chi connectivity index (χ0v) is 19.9. The van der Waals surface area contributed by atoms with Crippen LogP contribution in [-0.4, -0.2) is 45.0 Å². The Morgan fingerprint density at radius 3 is 2.43 bits per heavy atom. The number of hydroxylamine groups is 1. The minimum atomic E-state index is -1.15. The third-order valence-corrected chi connectivity index (χ3v) is 5.40. The van der Waals surface area contributed by atoms with E-state index in [1.807, 2.05) is 66.7 Å². The number of rotatable bonds is 11. The molecule has 186 valence electrons. The highest BCUT2D eigenvalue weighted by Gasteiger charge is 2.29. The third-order valence-electron chi connectivity index (χ3n) is 5.40. The van der Waals surface area contributed by atoms with Gasteiger partial charge in [-0.1, -0.05) is 66.7 Å². The predicted octanol–water partition coefficient (Wildman–Crippen LogP) is 3.08. The molecule has 2 N–H and O–H groups in total. The van der Waals surface area contributed by atoms with E-state index in [9.17, 15) is 14.4 Å². The molecule has 2 heterocycles. The van der Waals surface area contributed by atoms with Gasteiger partial charge in [-0.2, -0.15) is 5.10 Å². The average Bonchev–Trinajstić information content (AvgIpc) is 3.44. The summed E-state index contributed by atoms with van der Waals surface area (Å²) in [5, 5.41) is 7.26. The fraction of sp³-hybridized carbons (Fsp3) is 0.107. The van der Waals surface area contributed by atoms with E-state index in [2.05, 4.69) is 27.5 Å². The first-order valence-corrected chi connectivity index (χ1v) is 11.5. The van der Waals surface area contributed by atoms with Gasteiger partial charge in [0.1, 0.15) is 6.04 Å². The Balaban J connectivity index is 1.58. The van der Waals surface area contributed by atoms with Crippen LogP contribution in [0.4, 0.5) is 0 Å². The molecule has 0 spiro atoms. The van der Waals surface area contributed by atoms with Crippen LogP contribution in [0.5, 0.6) is 0 Å². The molecule has 0 saturated heterocycles. The highest BCUT2D eigenvalue weighted by molar-refractivity contribution is 6.38. The van der Waals surface area contributed by atoms with Gasteiger partial charge in [0.15, 0.2) is 5.82 Å². The summed E-state index contributed by atoms with van der Waals surface area (Å²) in [7, 11) is 0. The number of carbonyl (C=O) groups is 3. The lowest BCUT2D eigenvalue weighted by Gasteiger charge is -2.18. The van der Waals surface area contributed by atoms with Crippen LogP contribution in [0.15, 0.2) is 104 Å². The summed E-state index contributed by atoms with van der Waals surface area (Å²) in [4.78, 5) is 48.0. The molecule has 2 amide bonds. The molecule has 9 heteroatoms. The van der Waals surface area contributed by atoms with Crippen LogP contribution in [0.2, 0.25) is 0 Å². The van der Waals surface area contributed by atoms with E-state index in [0.29, 0.717) is 5.69 Å². The fourth-order valence-corrected chi connectivity index (χ4v) is 3.63. The number of Topliss-reactive ketones (excluding diaryl/α,β-unsaturated/α-hetero) is 1. The molecule has 0 fully saturated rings. The van der Waals surface area contributed by atoms with E-state index in [0.717, 1.165) is 11.1 Å². The maximum Gasteiger partial charge on any atom is 0.313 e. The molecule has 9 nitrogen and oxygen atoms in total. The van der Waals surface area contributed by atoms with E-state index < -0.39 is 23.6 Å². The quantitative estimate of drug-likeness (QED) is 0.143. The first kappa shape index (κ1) is 25.2. The van der Waals surface area contributed by atoms with Crippen LogP contribution in [0.1, 0.15) is 15.9 Å². The Kier molecular flexibility index (Phi) is 8.30. The van der Waals surface area contributed by atoms with Crippen LogP contribution in [0.25, 0.3) is 17.1 Å². The number of aromatic nitrogens is 3. The predicted molar refractivity (Wildman–Crippen MR) is 137 cm³/mol. The van der Waals surface area contributed by atoms with Crippen molar-refractivity contribution in [1.29, 1.82) is 0 Å². The lowest BCUT2D eigenvalue weighted by Crippen LogP contribution is -2.48. The summed E-state index contributed by atoms with van der Waals surface area (Å²) in [5.41, 5.74) is 4.68. The van der Waals surface area contributed by atoms with Gasteiger partial charge in [0.05, 0.1) is 17.9 Å².